The van der Waals surface area contributed by atoms with Crippen molar-refractivity contribution in [3.63, 3.8) is 0 Å². The molecule has 0 bridgehead atoms. The Kier molecular flexibility index (Phi) is 7.87. The van der Waals surface area contributed by atoms with Crippen molar-refractivity contribution in [1.29, 1.82) is 0 Å². The predicted octanol–water partition coefficient (Wildman–Crippen LogP) is 3.40. The molecular formula is C22H28N2O4. The van der Waals surface area contributed by atoms with Crippen LogP contribution in [0.4, 0.5) is 0 Å². The number of benzene rings is 2. The Morgan fingerprint density at radius 2 is 1.71 bits per heavy atom. The maximum atomic E-state index is 12.2. The second kappa shape index (κ2) is 10.3. The van der Waals surface area contributed by atoms with E-state index in [9.17, 15) is 9.59 Å². The van der Waals surface area contributed by atoms with Crippen molar-refractivity contribution in [2.24, 2.45) is 0 Å². The molecule has 0 spiro atoms. The Hall–Kier alpha value is -3.02. The zero-order valence-electron chi connectivity index (χ0n) is 16.9. The molecule has 1 unspecified atom stereocenters. The predicted molar refractivity (Wildman–Crippen MR) is 109 cm³/mol. The third-order valence-electron chi connectivity index (χ3n) is 4.13. The molecule has 0 aromatic heterocycles. The maximum absolute atomic E-state index is 12.2. The van der Waals surface area contributed by atoms with Crippen LogP contribution in [0.5, 0.6) is 11.5 Å². The molecule has 0 radical (unpaired) electrons. The first-order valence-corrected chi connectivity index (χ1v) is 9.48. The van der Waals surface area contributed by atoms with Crippen LogP contribution in [-0.4, -0.2) is 31.6 Å². The summed E-state index contributed by atoms with van der Waals surface area (Å²) in [5.74, 6) is 0.791. The monoisotopic (exact) mass is 384 g/mol. The quantitative estimate of drug-likeness (QED) is 0.695. The minimum absolute atomic E-state index is 0.0908. The standard InChI is InChI=1S/C22H28N2O4/c1-5-27-19-11-10-17(13-20(19)28-6-2)16(4)24-21(25)14-23-22(26)18-9-7-8-15(3)12-18/h7-13,16H,5-6,14H2,1-4H3,(H,23,26)(H,24,25). The Bertz CT molecular complexity index is 820. The van der Waals surface area contributed by atoms with Gasteiger partial charge >= 0.3 is 0 Å². The fourth-order valence-electron chi connectivity index (χ4n) is 2.76. The summed E-state index contributed by atoms with van der Waals surface area (Å²) in [7, 11) is 0. The molecule has 2 aromatic carbocycles. The second-order valence-electron chi connectivity index (χ2n) is 6.41. The molecule has 0 aliphatic carbocycles. The van der Waals surface area contributed by atoms with Crippen LogP contribution in [0, 0.1) is 6.92 Å². The van der Waals surface area contributed by atoms with Gasteiger partial charge in [0.1, 0.15) is 0 Å². The van der Waals surface area contributed by atoms with Crippen molar-refractivity contribution in [1.82, 2.24) is 10.6 Å². The summed E-state index contributed by atoms with van der Waals surface area (Å²) in [4.78, 5) is 24.4. The smallest absolute Gasteiger partial charge is 0.251 e. The molecule has 2 aromatic rings. The van der Waals surface area contributed by atoms with E-state index >= 15 is 0 Å². The lowest BCUT2D eigenvalue weighted by molar-refractivity contribution is -0.120. The molecule has 150 valence electrons. The Balaban J connectivity index is 1.94. The van der Waals surface area contributed by atoms with Gasteiger partial charge in [0.05, 0.1) is 25.8 Å². The molecule has 0 aliphatic rings. The van der Waals surface area contributed by atoms with Crippen LogP contribution in [0.1, 0.15) is 48.3 Å². The van der Waals surface area contributed by atoms with E-state index in [1.165, 1.54) is 0 Å². The van der Waals surface area contributed by atoms with Gasteiger partial charge in [-0.1, -0.05) is 23.8 Å². The van der Waals surface area contributed by atoms with Crippen LogP contribution >= 0.6 is 0 Å². The molecule has 1 atom stereocenters. The molecule has 2 rings (SSSR count). The summed E-state index contributed by atoms with van der Waals surface area (Å²) < 4.78 is 11.2. The summed E-state index contributed by atoms with van der Waals surface area (Å²) in [5.41, 5.74) is 2.42. The van der Waals surface area contributed by atoms with Crippen LogP contribution in [0.3, 0.4) is 0 Å². The second-order valence-corrected chi connectivity index (χ2v) is 6.41. The summed E-state index contributed by atoms with van der Waals surface area (Å²) in [6.45, 7) is 8.60. The van der Waals surface area contributed by atoms with Crippen LogP contribution < -0.4 is 20.1 Å². The largest absolute Gasteiger partial charge is 0.490 e. The average Bonchev–Trinajstić information content (AvgIpc) is 2.67. The molecule has 2 N–H and O–H groups in total. The summed E-state index contributed by atoms with van der Waals surface area (Å²) in [6.07, 6.45) is 0. The van der Waals surface area contributed by atoms with Gasteiger partial charge in [-0.25, -0.2) is 0 Å². The number of amides is 2. The van der Waals surface area contributed by atoms with Crippen molar-refractivity contribution in [2.45, 2.75) is 33.7 Å². The van der Waals surface area contributed by atoms with E-state index in [2.05, 4.69) is 10.6 Å². The molecule has 6 heteroatoms. The third kappa shape index (κ3) is 6.01. The minimum Gasteiger partial charge on any atom is -0.490 e. The van der Waals surface area contributed by atoms with Gasteiger partial charge in [-0.2, -0.15) is 0 Å². The molecule has 0 fully saturated rings. The molecule has 0 heterocycles. The van der Waals surface area contributed by atoms with Gasteiger partial charge < -0.3 is 20.1 Å². The highest BCUT2D eigenvalue weighted by molar-refractivity contribution is 5.96. The number of ether oxygens (including phenoxy) is 2. The van der Waals surface area contributed by atoms with E-state index in [0.717, 1.165) is 11.1 Å². The zero-order valence-corrected chi connectivity index (χ0v) is 16.9. The van der Waals surface area contributed by atoms with E-state index in [-0.39, 0.29) is 24.4 Å². The van der Waals surface area contributed by atoms with Crippen molar-refractivity contribution in [2.75, 3.05) is 19.8 Å². The molecule has 0 saturated carbocycles. The van der Waals surface area contributed by atoms with E-state index in [1.807, 2.05) is 58.0 Å². The first kappa shape index (κ1) is 21.3. The van der Waals surface area contributed by atoms with Gasteiger partial charge in [-0.15, -0.1) is 0 Å². The highest BCUT2D eigenvalue weighted by atomic mass is 16.5. The number of carbonyl (C=O) groups excluding carboxylic acids is 2. The Morgan fingerprint density at radius 3 is 2.39 bits per heavy atom. The van der Waals surface area contributed by atoms with Gasteiger partial charge in [0.15, 0.2) is 11.5 Å². The third-order valence-corrected chi connectivity index (χ3v) is 4.13. The van der Waals surface area contributed by atoms with Crippen molar-refractivity contribution < 1.29 is 19.1 Å². The molecular weight excluding hydrogens is 356 g/mol. The topological polar surface area (TPSA) is 76.7 Å². The number of hydrogen-bond acceptors (Lipinski definition) is 4. The van der Waals surface area contributed by atoms with E-state index in [0.29, 0.717) is 30.3 Å². The van der Waals surface area contributed by atoms with Crippen molar-refractivity contribution in [3.05, 3.63) is 59.2 Å². The van der Waals surface area contributed by atoms with Gasteiger partial charge in [0, 0.05) is 5.56 Å². The maximum Gasteiger partial charge on any atom is 0.251 e. The Labute approximate surface area is 166 Å². The zero-order chi connectivity index (χ0) is 20.5. The molecule has 6 nitrogen and oxygen atoms in total. The van der Waals surface area contributed by atoms with Crippen molar-refractivity contribution in [3.8, 4) is 11.5 Å². The van der Waals surface area contributed by atoms with Gasteiger partial charge in [0.2, 0.25) is 5.91 Å². The lowest BCUT2D eigenvalue weighted by Crippen LogP contribution is -2.38. The van der Waals surface area contributed by atoms with E-state index < -0.39 is 0 Å². The fraction of sp³-hybridized carbons (Fsp3) is 0.364. The van der Waals surface area contributed by atoms with Crippen LogP contribution in [0.15, 0.2) is 42.5 Å². The van der Waals surface area contributed by atoms with E-state index in [4.69, 9.17) is 9.47 Å². The van der Waals surface area contributed by atoms with Crippen LogP contribution in [0.2, 0.25) is 0 Å². The fourth-order valence-corrected chi connectivity index (χ4v) is 2.76. The minimum atomic E-state index is -0.272. The molecule has 2 amide bonds. The highest BCUT2D eigenvalue weighted by Gasteiger charge is 2.14. The highest BCUT2D eigenvalue weighted by Crippen LogP contribution is 2.30. The summed E-state index contributed by atoms with van der Waals surface area (Å²) >= 11 is 0. The van der Waals surface area contributed by atoms with Gasteiger partial charge in [-0.05, 0) is 57.5 Å². The van der Waals surface area contributed by atoms with Crippen molar-refractivity contribution >= 4 is 11.8 Å². The van der Waals surface area contributed by atoms with E-state index in [1.54, 1.807) is 12.1 Å². The van der Waals surface area contributed by atoms with Crippen LogP contribution in [-0.2, 0) is 4.79 Å². The summed E-state index contributed by atoms with van der Waals surface area (Å²) in [6, 6.07) is 12.6. The molecule has 28 heavy (non-hydrogen) atoms. The number of carbonyl (C=O) groups is 2. The average molecular weight is 384 g/mol. The number of rotatable bonds is 9. The number of nitrogens with one attached hydrogen (secondary N) is 2. The van der Waals surface area contributed by atoms with Crippen LogP contribution in [0.25, 0.3) is 0 Å². The first-order chi connectivity index (χ1) is 13.4. The Morgan fingerprint density at radius 1 is 1.00 bits per heavy atom. The SMILES string of the molecule is CCOc1ccc(C(C)NC(=O)CNC(=O)c2cccc(C)c2)cc1OCC. The lowest BCUT2D eigenvalue weighted by atomic mass is 10.1. The number of aryl methyl sites for hydroxylation is 1. The summed E-state index contributed by atoms with van der Waals surface area (Å²) in [5, 5.41) is 5.53. The first-order valence-electron chi connectivity index (χ1n) is 9.48. The number of hydrogen-bond donors (Lipinski definition) is 2. The van der Waals surface area contributed by atoms with Gasteiger partial charge in [0.25, 0.3) is 5.91 Å². The lowest BCUT2D eigenvalue weighted by Gasteiger charge is -2.17. The normalized spacial score (nSPS) is 11.4. The molecule has 0 saturated heterocycles. The van der Waals surface area contributed by atoms with Gasteiger partial charge in [-0.3, -0.25) is 9.59 Å². The molecule has 0 aliphatic heterocycles.